The Morgan fingerprint density at radius 3 is 2.18 bits per heavy atom. The molecule has 7 nitrogen and oxygen atoms in total. The first-order valence-electron chi connectivity index (χ1n) is 11.3. The monoisotopic (exact) mass is 476 g/mol. The van der Waals surface area contributed by atoms with E-state index in [0.717, 1.165) is 16.7 Å². The Labute approximate surface area is 200 Å². The molecule has 174 valence electrons. The number of carbonyl (C=O) groups excluding carboxylic acids is 1. The van der Waals surface area contributed by atoms with Crippen molar-refractivity contribution in [3.63, 3.8) is 0 Å². The van der Waals surface area contributed by atoms with E-state index in [4.69, 9.17) is 9.47 Å². The number of amides is 1. The van der Waals surface area contributed by atoms with E-state index in [1.165, 1.54) is 4.31 Å². The molecule has 34 heavy (non-hydrogen) atoms. The van der Waals surface area contributed by atoms with Gasteiger partial charge in [-0.2, -0.15) is 4.31 Å². The van der Waals surface area contributed by atoms with E-state index in [0.29, 0.717) is 37.4 Å². The third-order valence-electron chi connectivity index (χ3n) is 6.31. The fourth-order valence-corrected chi connectivity index (χ4v) is 5.90. The van der Waals surface area contributed by atoms with Crippen molar-refractivity contribution in [2.75, 3.05) is 18.0 Å². The first-order valence-corrected chi connectivity index (χ1v) is 12.7. The lowest BCUT2D eigenvalue weighted by molar-refractivity contribution is 0.136. The van der Waals surface area contributed by atoms with E-state index in [1.807, 2.05) is 56.4 Å². The topological polar surface area (TPSA) is 76.2 Å². The lowest BCUT2D eigenvalue weighted by Gasteiger charge is -2.39. The number of cyclic esters (lactones) is 1. The first-order chi connectivity index (χ1) is 16.4. The second kappa shape index (κ2) is 9.16. The summed E-state index contributed by atoms with van der Waals surface area (Å²) in [7, 11) is -1.64. The lowest BCUT2D eigenvalue weighted by Crippen LogP contribution is -2.50. The van der Waals surface area contributed by atoms with Crippen LogP contribution in [0.2, 0.25) is 0 Å². The summed E-state index contributed by atoms with van der Waals surface area (Å²) < 4.78 is 39.1. The minimum Gasteiger partial charge on any atom is -0.457 e. The molecule has 1 saturated heterocycles. The van der Waals surface area contributed by atoms with Crippen molar-refractivity contribution in [2.45, 2.75) is 30.4 Å². The number of carbonyl (C=O) groups is 1. The Hall–Kier alpha value is -3.30. The van der Waals surface area contributed by atoms with Crippen LogP contribution < -0.4 is 15.1 Å². The molecule has 3 aromatic carbocycles. The van der Waals surface area contributed by atoms with Gasteiger partial charge in [-0.15, -0.1) is 0 Å². The molecule has 3 aromatic rings. The standard InChI is InChI=1S/C25H25BN2O5S/c26-19-5-7-21(8-6-19)33-22-9-11-23(12-10-22)34(30,31)27-15-13-20(14-16-27)28-24-4-2-1-3-18(24)17-32-25(28)29/h1-12,20H,13-17,26H2. The number of hydrogen-bond donors (Lipinski definition) is 0. The Morgan fingerprint density at radius 1 is 0.882 bits per heavy atom. The molecule has 2 aliphatic heterocycles. The van der Waals surface area contributed by atoms with Gasteiger partial charge in [-0.1, -0.05) is 35.8 Å². The Kier molecular flexibility index (Phi) is 6.06. The van der Waals surface area contributed by atoms with E-state index in [-0.39, 0.29) is 23.6 Å². The molecule has 0 saturated carbocycles. The summed E-state index contributed by atoms with van der Waals surface area (Å²) in [5.41, 5.74) is 2.95. The maximum atomic E-state index is 13.2. The van der Waals surface area contributed by atoms with Crippen molar-refractivity contribution in [1.82, 2.24) is 4.31 Å². The van der Waals surface area contributed by atoms with Gasteiger partial charge in [0.05, 0.1) is 10.6 Å². The minimum atomic E-state index is -3.64. The molecule has 0 N–H and O–H groups in total. The van der Waals surface area contributed by atoms with Crippen LogP contribution in [0.25, 0.3) is 0 Å². The Balaban J connectivity index is 1.26. The molecule has 1 fully saturated rings. The summed E-state index contributed by atoms with van der Waals surface area (Å²) in [6.07, 6.45) is 0.707. The summed E-state index contributed by atoms with van der Waals surface area (Å²) in [6.45, 7) is 0.934. The zero-order chi connectivity index (χ0) is 23.7. The van der Waals surface area contributed by atoms with Gasteiger partial charge in [0.1, 0.15) is 26.0 Å². The molecular formula is C25H25BN2O5S. The summed E-state index contributed by atoms with van der Waals surface area (Å²) in [5.74, 6) is 1.27. The summed E-state index contributed by atoms with van der Waals surface area (Å²) >= 11 is 0. The largest absolute Gasteiger partial charge is 0.457 e. The highest BCUT2D eigenvalue weighted by atomic mass is 32.2. The van der Waals surface area contributed by atoms with E-state index >= 15 is 0 Å². The second-order valence-electron chi connectivity index (χ2n) is 8.58. The number of fused-ring (bicyclic) bond motifs is 1. The Bertz CT molecular complexity index is 1290. The normalized spacial score (nSPS) is 17.2. The maximum absolute atomic E-state index is 13.2. The summed E-state index contributed by atoms with van der Waals surface area (Å²) in [6, 6.07) is 21.7. The number of ether oxygens (including phenoxy) is 2. The lowest BCUT2D eigenvalue weighted by atomic mass is 9.97. The maximum Gasteiger partial charge on any atom is 0.414 e. The SMILES string of the molecule is Bc1ccc(Oc2ccc(S(=O)(=O)N3CCC(N4C(=O)OCc5ccccc54)CC3)cc2)cc1. The van der Waals surface area contributed by atoms with Gasteiger partial charge in [0.25, 0.3) is 0 Å². The van der Waals surface area contributed by atoms with Crippen molar-refractivity contribution < 1.29 is 22.7 Å². The number of nitrogens with zero attached hydrogens (tertiary/aromatic N) is 2. The minimum absolute atomic E-state index is 0.106. The number of anilines is 1. The highest BCUT2D eigenvalue weighted by Crippen LogP contribution is 2.33. The number of para-hydroxylation sites is 1. The predicted octanol–water partition coefficient (Wildman–Crippen LogP) is 3.05. The van der Waals surface area contributed by atoms with Crippen molar-refractivity contribution >= 4 is 35.1 Å². The van der Waals surface area contributed by atoms with Crippen molar-refractivity contribution in [3.05, 3.63) is 78.4 Å². The molecule has 2 aliphatic rings. The third kappa shape index (κ3) is 4.41. The zero-order valence-corrected chi connectivity index (χ0v) is 19.7. The van der Waals surface area contributed by atoms with Gasteiger partial charge in [0.15, 0.2) is 0 Å². The van der Waals surface area contributed by atoms with Gasteiger partial charge in [-0.25, -0.2) is 13.2 Å². The number of hydrogen-bond acceptors (Lipinski definition) is 5. The van der Waals surface area contributed by atoms with Crippen LogP contribution in [-0.2, 0) is 21.4 Å². The molecule has 0 aromatic heterocycles. The van der Waals surface area contributed by atoms with Crippen LogP contribution in [0, 0.1) is 0 Å². The number of rotatable bonds is 5. The van der Waals surface area contributed by atoms with Gasteiger partial charge in [-0.05, 0) is 55.3 Å². The van der Waals surface area contributed by atoms with Gasteiger partial charge in [0.2, 0.25) is 10.0 Å². The van der Waals surface area contributed by atoms with Crippen LogP contribution in [-0.4, -0.2) is 45.8 Å². The Morgan fingerprint density at radius 2 is 1.50 bits per heavy atom. The number of sulfonamides is 1. The van der Waals surface area contributed by atoms with Crippen LogP contribution in [0.15, 0.2) is 77.7 Å². The third-order valence-corrected chi connectivity index (χ3v) is 8.22. The smallest absolute Gasteiger partial charge is 0.414 e. The molecule has 0 spiro atoms. The molecular weight excluding hydrogens is 451 g/mol. The van der Waals surface area contributed by atoms with Gasteiger partial charge in [0, 0.05) is 24.7 Å². The molecule has 2 heterocycles. The molecule has 9 heteroatoms. The van der Waals surface area contributed by atoms with Crippen LogP contribution >= 0.6 is 0 Å². The van der Waals surface area contributed by atoms with E-state index < -0.39 is 10.0 Å². The zero-order valence-electron chi connectivity index (χ0n) is 18.9. The van der Waals surface area contributed by atoms with Crippen molar-refractivity contribution in [2.24, 2.45) is 0 Å². The van der Waals surface area contributed by atoms with Crippen LogP contribution in [0.1, 0.15) is 18.4 Å². The molecule has 0 atom stereocenters. The van der Waals surface area contributed by atoms with E-state index in [2.05, 4.69) is 0 Å². The molecule has 5 rings (SSSR count). The van der Waals surface area contributed by atoms with Gasteiger partial charge in [-0.3, -0.25) is 4.90 Å². The fraction of sp³-hybridized carbons (Fsp3) is 0.240. The van der Waals surface area contributed by atoms with E-state index in [9.17, 15) is 13.2 Å². The highest BCUT2D eigenvalue weighted by Gasteiger charge is 2.37. The molecule has 0 bridgehead atoms. The van der Waals surface area contributed by atoms with E-state index in [1.54, 1.807) is 29.2 Å². The second-order valence-corrected chi connectivity index (χ2v) is 10.5. The van der Waals surface area contributed by atoms with Crippen LogP contribution in [0.5, 0.6) is 11.5 Å². The quantitative estimate of drug-likeness (QED) is 0.530. The average molecular weight is 476 g/mol. The van der Waals surface area contributed by atoms with Crippen molar-refractivity contribution in [3.8, 4) is 11.5 Å². The first kappa shape index (κ1) is 22.5. The molecule has 0 radical (unpaired) electrons. The summed E-state index contributed by atoms with van der Waals surface area (Å²) in [5, 5.41) is 0. The molecule has 0 aliphatic carbocycles. The molecule has 0 unspecified atom stereocenters. The number of benzene rings is 3. The predicted molar refractivity (Wildman–Crippen MR) is 132 cm³/mol. The summed E-state index contributed by atoms with van der Waals surface area (Å²) in [4.78, 5) is 14.4. The fourth-order valence-electron chi connectivity index (χ4n) is 4.43. The number of piperidine rings is 1. The molecule has 1 amide bonds. The van der Waals surface area contributed by atoms with Gasteiger partial charge >= 0.3 is 6.09 Å². The van der Waals surface area contributed by atoms with Crippen molar-refractivity contribution in [1.29, 1.82) is 0 Å². The van der Waals surface area contributed by atoms with Crippen LogP contribution in [0.4, 0.5) is 10.5 Å². The van der Waals surface area contributed by atoms with Gasteiger partial charge < -0.3 is 9.47 Å². The highest BCUT2D eigenvalue weighted by molar-refractivity contribution is 7.89. The van der Waals surface area contributed by atoms with Crippen LogP contribution in [0.3, 0.4) is 0 Å². The average Bonchev–Trinajstić information content (AvgIpc) is 2.86.